The van der Waals surface area contributed by atoms with Crippen molar-refractivity contribution in [3.63, 3.8) is 0 Å². The smallest absolute Gasteiger partial charge is 0.255 e. The molecule has 2 N–H and O–H groups in total. The van der Waals surface area contributed by atoms with Gasteiger partial charge >= 0.3 is 0 Å². The lowest BCUT2D eigenvalue weighted by Crippen LogP contribution is -2.25. The Kier molecular flexibility index (Phi) is 5.22. The minimum Gasteiger partial charge on any atom is -0.464 e. The third kappa shape index (κ3) is 4.91. The van der Waals surface area contributed by atoms with Gasteiger partial charge in [-0.1, -0.05) is 12.1 Å². The number of anilines is 1. The zero-order valence-corrected chi connectivity index (χ0v) is 15.1. The number of rotatable bonds is 6. The van der Waals surface area contributed by atoms with Crippen LogP contribution in [0.5, 0.6) is 0 Å². The molecule has 27 heavy (non-hydrogen) atoms. The summed E-state index contributed by atoms with van der Waals surface area (Å²) in [5.41, 5.74) is 1.25. The van der Waals surface area contributed by atoms with Gasteiger partial charge in [0.05, 0.1) is 18.1 Å². The van der Waals surface area contributed by atoms with Crippen molar-refractivity contribution in [2.24, 2.45) is 0 Å². The summed E-state index contributed by atoms with van der Waals surface area (Å²) in [6, 6.07) is 10.5. The molecule has 0 spiro atoms. The Balaban J connectivity index is 1.88. The number of furan rings is 1. The summed E-state index contributed by atoms with van der Waals surface area (Å²) >= 11 is 0. The fraction of sp³-hybridized carbons (Fsp3) is 0.111. The number of carbonyl (C=O) groups excluding carboxylic acids is 1. The molecule has 0 saturated heterocycles. The Labute approximate surface area is 155 Å². The molecule has 3 aromatic rings. The Morgan fingerprint density at radius 1 is 1.22 bits per heavy atom. The average Bonchev–Trinajstić information content (AvgIpc) is 3.14. The van der Waals surface area contributed by atoms with Gasteiger partial charge in [-0.2, -0.15) is 0 Å². The summed E-state index contributed by atoms with van der Waals surface area (Å²) < 4.78 is 43.6. The van der Waals surface area contributed by atoms with Crippen LogP contribution in [0.4, 0.5) is 10.2 Å². The van der Waals surface area contributed by atoms with Gasteiger partial charge in [0.15, 0.2) is 5.82 Å². The molecule has 9 heteroatoms. The predicted molar refractivity (Wildman–Crippen MR) is 98.0 cm³/mol. The molecule has 1 aromatic carbocycles. The minimum absolute atomic E-state index is 0.0384. The molecule has 0 radical (unpaired) electrons. The van der Waals surface area contributed by atoms with Crippen molar-refractivity contribution >= 4 is 21.7 Å². The second-order valence-electron chi connectivity index (χ2n) is 5.78. The fourth-order valence-electron chi connectivity index (χ4n) is 2.35. The van der Waals surface area contributed by atoms with Crippen molar-refractivity contribution in [1.29, 1.82) is 0 Å². The number of carbonyl (C=O) groups is 1. The molecule has 0 aliphatic rings. The second-order valence-corrected chi connectivity index (χ2v) is 7.53. The van der Waals surface area contributed by atoms with Gasteiger partial charge in [0.1, 0.15) is 11.6 Å². The molecule has 2 aromatic heterocycles. The lowest BCUT2D eigenvalue weighted by molar-refractivity contribution is 0.0951. The zero-order chi connectivity index (χ0) is 19.4. The molecule has 0 bridgehead atoms. The Morgan fingerprint density at radius 3 is 2.59 bits per heavy atom. The van der Waals surface area contributed by atoms with Gasteiger partial charge in [0.25, 0.3) is 5.91 Å². The topological polar surface area (TPSA) is 101 Å². The average molecular weight is 389 g/mol. The van der Waals surface area contributed by atoms with Crippen molar-refractivity contribution in [3.8, 4) is 11.3 Å². The van der Waals surface area contributed by atoms with Crippen LogP contribution >= 0.6 is 0 Å². The van der Waals surface area contributed by atoms with Gasteiger partial charge in [0.2, 0.25) is 10.0 Å². The molecule has 7 nitrogen and oxygen atoms in total. The van der Waals surface area contributed by atoms with Crippen LogP contribution in [0.2, 0.25) is 0 Å². The summed E-state index contributed by atoms with van der Waals surface area (Å²) in [4.78, 5) is 16.7. The maximum atomic E-state index is 13.0. The van der Waals surface area contributed by atoms with Gasteiger partial charge in [-0.15, -0.1) is 0 Å². The van der Waals surface area contributed by atoms with Crippen molar-refractivity contribution in [3.05, 3.63) is 71.9 Å². The normalized spacial score (nSPS) is 11.2. The van der Waals surface area contributed by atoms with Gasteiger partial charge < -0.3 is 9.73 Å². The van der Waals surface area contributed by atoms with E-state index in [0.717, 1.165) is 6.26 Å². The molecule has 0 fully saturated rings. The van der Waals surface area contributed by atoms with Gasteiger partial charge in [-0.25, -0.2) is 17.8 Å². The first kappa shape index (κ1) is 18.6. The maximum absolute atomic E-state index is 13.0. The maximum Gasteiger partial charge on any atom is 0.255 e. The van der Waals surface area contributed by atoms with E-state index in [1.165, 1.54) is 30.7 Å². The predicted octanol–water partition coefficient (Wildman–Crippen LogP) is 2.78. The van der Waals surface area contributed by atoms with E-state index in [1.807, 2.05) is 0 Å². The quantitative estimate of drug-likeness (QED) is 0.675. The van der Waals surface area contributed by atoms with E-state index < -0.39 is 15.9 Å². The van der Waals surface area contributed by atoms with Gasteiger partial charge in [-0.05, 0) is 35.9 Å². The fourth-order valence-corrected chi connectivity index (χ4v) is 2.87. The lowest BCUT2D eigenvalue weighted by atomic mass is 10.1. The lowest BCUT2D eigenvalue weighted by Gasteiger charge is -2.11. The molecule has 0 aliphatic carbocycles. The molecule has 0 saturated carbocycles. The van der Waals surface area contributed by atoms with E-state index in [1.54, 1.807) is 24.3 Å². The first-order chi connectivity index (χ1) is 12.8. The van der Waals surface area contributed by atoms with Crippen LogP contribution in [0.15, 0.2) is 59.3 Å². The van der Waals surface area contributed by atoms with Crippen LogP contribution in [-0.4, -0.2) is 25.6 Å². The van der Waals surface area contributed by atoms with Crippen molar-refractivity contribution in [1.82, 2.24) is 10.3 Å². The van der Waals surface area contributed by atoms with E-state index in [0.29, 0.717) is 16.9 Å². The van der Waals surface area contributed by atoms with Gasteiger partial charge in [0, 0.05) is 18.3 Å². The van der Waals surface area contributed by atoms with Gasteiger partial charge in [-0.3, -0.25) is 9.52 Å². The highest BCUT2D eigenvalue weighted by molar-refractivity contribution is 7.92. The highest BCUT2D eigenvalue weighted by Gasteiger charge is 2.18. The van der Waals surface area contributed by atoms with E-state index in [2.05, 4.69) is 15.0 Å². The highest BCUT2D eigenvalue weighted by Crippen LogP contribution is 2.24. The third-order valence-corrected chi connectivity index (χ3v) is 4.15. The van der Waals surface area contributed by atoms with Crippen LogP contribution in [-0.2, 0) is 16.6 Å². The first-order valence-corrected chi connectivity index (χ1v) is 9.75. The standard InChI is InChI=1S/C18H16FN3O4S/c1-27(24,25)22-17-15(9-13(11-20-17)16-3-2-8-26-16)18(23)21-10-12-4-6-14(19)7-5-12/h2-9,11H,10H2,1H3,(H,20,22)(H,21,23). The summed E-state index contributed by atoms with van der Waals surface area (Å²) in [6.45, 7) is 0.141. The van der Waals surface area contributed by atoms with Crippen LogP contribution in [0.3, 0.4) is 0 Å². The number of aromatic nitrogens is 1. The molecular weight excluding hydrogens is 373 g/mol. The molecule has 0 aliphatic heterocycles. The van der Waals surface area contributed by atoms with E-state index in [-0.39, 0.29) is 23.7 Å². The number of pyridine rings is 1. The number of amides is 1. The Bertz CT molecular complexity index is 1050. The number of halogens is 1. The summed E-state index contributed by atoms with van der Waals surface area (Å²) in [5, 5.41) is 2.67. The van der Waals surface area contributed by atoms with E-state index >= 15 is 0 Å². The molecule has 2 heterocycles. The largest absolute Gasteiger partial charge is 0.464 e. The van der Waals surface area contributed by atoms with Crippen LogP contribution < -0.4 is 10.0 Å². The molecule has 0 unspecified atom stereocenters. The number of nitrogens with one attached hydrogen (secondary N) is 2. The van der Waals surface area contributed by atoms with Crippen LogP contribution in [0.25, 0.3) is 11.3 Å². The molecule has 1 amide bonds. The molecule has 3 rings (SSSR count). The van der Waals surface area contributed by atoms with E-state index in [9.17, 15) is 17.6 Å². The van der Waals surface area contributed by atoms with Crippen molar-refractivity contribution < 1.29 is 22.0 Å². The summed E-state index contributed by atoms with van der Waals surface area (Å²) in [6.07, 6.45) is 3.85. The number of sulfonamides is 1. The minimum atomic E-state index is -3.63. The Hall–Kier alpha value is -3.20. The molecular formula is C18H16FN3O4S. The second kappa shape index (κ2) is 7.58. The monoisotopic (exact) mass is 389 g/mol. The summed E-state index contributed by atoms with van der Waals surface area (Å²) in [5.74, 6) is -0.517. The zero-order valence-electron chi connectivity index (χ0n) is 14.3. The number of hydrogen-bond acceptors (Lipinski definition) is 5. The van der Waals surface area contributed by atoms with Crippen molar-refractivity contribution in [2.75, 3.05) is 11.0 Å². The number of benzene rings is 1. The number of hydrogen-bond donors (Lipinski definition) is 2. The van der Waals surface area contributed by atoms with Crippen LogP contribution in [0.1, 0.15) is 15.9 Å². The third-order valence-electron chi connectivity index (χ3n) is 3.59. The highest BCUT2D eigenvalue weighted by atomic mass is 32.2. The van der Waals surface area contributed by atoms with E-state index in [4.69, 9.17) is 4.42 Å². The first-order valence-electron chi connectivity index (χ1n) is 7.86. The summed E-state index contributed by atoms with van der Waals surface area (Å²) in [7, 11) is -3.63. The number of nitrogens with zero attached hydrogens (tertiary/aromatic N) is 1. The van der Waals surface area contributed by atoms with Crippen LogP contribution in [0, 0.1) is 5.82 Å². The molecule has 140 valence electrons. The molecule has 0 atom stereocenters. The Morgan fingerprint density at radius 2 is 1.96 bits per heavy atom. The van der Waals surface area contributed by atoms with Crippen molar-refractivity contribution in [2.45, 2.75) is 6.54 Å². The SMILES string of the molecule is CS(=O)(=O)Nc1ncc(-c2ccco2)cc1C(=O)NCc1ccc(F)cc1.